The van der Waals surface area contributed by atoms with Crippen LogP contribution in [0.15, 0.2) is 82.4 Å². The minimum Gasteiger partial charge on any atom is -0.421 e. The molecular weight excluding hydrogens is 430 g/mol. The number of nitrogens with one attached hydrogen (secondary N) is 2. The minimum atomic E-state index is -3.78. The van der Waals surface area contributed by atoms with Crippen LogP contribution < -0.4 is 10.0 Å². The van der Waals surface area contributed by atoms with Gasteiger partial charge in [-0.25, -0.2) is 13.1 Å². The highest BCUT2D eigenvalue weighted by Gasteiger charge is 2.16. The van der Waals surface area contributed by atoms with Crippen LogP contribution in [0.3, 0.4) is 0 Å². The third-order valence-corrected chi connectivity index (χ3v) is 5.92. The normalized spacial score (nSPS) is 11.3. The van der Waals surface area contributed by atoms with Gasteiger partial charge in [0.1, 0.15) is 0 Å². The van der Waals surface area contributed by atoms with E-state index in [1.54, 1.807) is 67.8 Å². The number of aromatic nitrogens is 3. The Bertz CT molecular complexity index is 1340. The van der Waals surface area contributed by atoms with Gasteiger partial charge in [0.25, 0.3) is 5.91 Å². The van der Waals surface area contributed by atoms with E-state index >= 15 is 0 Å². The Labute approximate surface area is 184 Å². The van der Waals surface area contributed by atoms with Crippen LogP contribution in [-0.2, 0) is 16.6 Å². The van der Waals surface area contributed by atoms with E-state index in [1.807, 2.05) is 0 Å². The van der Waals surface area contributed by atoms with Gasteiger partial charge in [-0.15, -0.1) is 10.2 Å². The molecule has 2 aromatic carbocycles. The van der Waals surface area contributed by atoms with Crippen LogP contribution >= 0.6 is 0 Å². The Balaban J connectivity index is 1.41. The molecule has 0 aliphatic rings. The van der Waals surface area contributed by atoms with Crippen LogP contribution in [0.1, 0.15) is 21.8 Å². The van der Waals surface area contributed by atoms with Gasteiger partial charge < -0.3 is 9.73 Å². The molecule has 2 N–H and O–H groups in total. The summed E-state index contributed by atoms with van der Waals surface area (Å²) in [5.41, 5.74) is 2.25. The van der Waals surface area contributed by atoms with Crippen molar-refractivity contribution in [3.63, 3.8) is 0 Å². The van der Waals surface area contributed by atoms with Crippen molar-refractivity contribution < 1.29 is 17.6 Å². The van der Waals surface area contributed by atoms with E-state index in [0.29, 0.717) is 28.3 Å². The van der Waals surface area contributed by atoms with Gasteiger partial charge in [0.2, 0.25) is 21.8 Å². The van der Waals surface area contributed by atoms with Gasteiger partial charge in [-0.05, 0) is 48.0 Å². The molecule has 4 aromatic rings. The van der Waals surface area contributed by atoms with E-state index in [2.05, 4.69) is 25.2 Å². The summed E-state index contributed by atoms with van der Waals surface area (Å²) in [6, 6.07) is 16.4. The Kier molecular flexibility index (Phi) is 6.06. The zero-order valence-corrected chi connectivity index (χ0v) is 17.8. The number of amides is 1. The van der Waals surface area contributed by atoms with E-state index in [1.165, 1.54) is 12.1 Å². The topological polar surface area (TPSA) is 127 Å². The molecule has 1 amide bonds. The maximum atomic E-state index is 12.7. The summed E-state index contributed by atoms with van der Waals surface area (Å²) in [5.74, 6) is 0.363. The average molecular weight is 449 g/mol. The molecule has 10 heteroatoms. The van der Waals surface area contributed by atoms with Gasteiger partial charge >= 0.3 is 0 Å². The number of hydrogen-bond donors (Lipinski definition) is 2. The van der Waals surface area contributed by atoms with Gasteiger partial charge in [0, 0.05) is 30.8 Å². The summed E-state index contributed by atoms with van der Waals surface area (Å²) in [7, 11) is -3.78. The Hall–Kier alpha value is -3.89. The molecule has 0 fully saturated rings. The van der Waals surface area contributed by atoms with Gasteiger partial charge in [0.15, 0.2) is 0 Å². The second-order valence-electron chi connectivity index (χ2n) is 6.87. The number of carbonyl (C=O) groups excluding carboxylic acids is 1. The number of sulfonamides is 1. The largest absolute Gasteiger partial charge is 0.421 e. The van der Waals surface area contributed by atoms with Gasteiger partial charge in [-0.3, -0.25) is 9.78 Å². The second kappa shape index (κ2) is 9.08. The Morgan fingerprint density at radius 3 is 2.53 bits per heavy atom. The predicted molar refractivity (Wildman–Crippen MR) is 117 cm³/mol. The van der Waals surface area contributed by atoms with Crippen LogP contribution in [0.25, 0.3) is 11.5 Å². The van der Waals surface area contributed by atoms with E-state index in [9.17, 15) is 13.2 Å². The third-order valence-electron chi connectivity index (χ3n) is 4.52. The number of aryl methyl sites for hydroxylation is 1. The van der Waals surface area contributed by atoms with Crippen LogP contribution in [0.4, 0.5) is 5.69 Å². The third kappa shape index (κ3) is 5.05. The highest BCUT2D eigenvalue weighted by Crippen LogP contribution is 2.21. The number of benzene rings is 2. The lowest BCUT2D eigenvalue weighted by molar-refractivity contribution is 0.102. The van der Waals surface area contributed by atoms with Crippen molar-refractivity contribution in [3.8, 4) is 11.5 Å². The molecule has 32 heavy (non-hydrogen) atoms. The van der Waals surface area contributed by atoms with Crippen molar-refractivity contribution in [3.05, 3.63) is 90.1 Å². The summed E-state index contributed by atoms with van der Waals surface area (Å²) in [6.07, 6.45) is 3.17. The van der Waals surface area contributed by atoms with Crippen molar-refractivity contribution in [2.24, 2.45) is 0 Å². The smallest absolute Gasteiger partial charge is 0.255 e. The lowest BCUT2D eigenvalue weighted by atomic mass is 10.1. The molecule has 0 atom stereocenters. The Morgan fingerprint density at radius 2 is 1.84 bits per heavy atom. The molecular formula is C22H19N5O4S. The SMILES string of the molecule is Cc1nnc(-c2cccc(S(=O)(=O)NCc3ccc(C(=O)Nc4cccnc4)cc3)c2)o1. The van der Waals surface area contributed by atoms with Crippen LogP contribution in [0.2, 0.25) is 0 Å². The lowest BCUT2D eigenvalue weighted by Gasteiger charge is -2.09. The number of rotatable bonds is 7. The maximum absolute atomic E-state index is 12.7. The molecule has 162 valence electrons. The first-order valence-electron chi connectivity index (χ1n) is 9.61. The fourth-order valence-corrected chi connectivity index (χ4v) is 3.95. The maximum Gasteiger partial charge on any atom is 0.255 e. The first-order valence-corrected chi connectivity index (χ1v) is 11.1. The average Bonchev–Trinajstić information content (AvgIpc) is 3.25. The van der Waals surface area contributed by atoms with Crippen molar-refractivity contribution in [1.82, 2.24) is 19.9 Å². The fraction of sp³-hybridized carbons (Fsp3) is 0.0909. The van der Waals surface area contributed by atoms with Gasteiger partial charge in [-0.2, -0.15) is 0 Å². The van der Waals surface area contributed by atoms with Crippen LogP contribution in [-0.4, -0.2) is 29.5 Å². The number of hydrogen-bond acceptors (Lipinski definition) is 7. The van der Waals surface area contributed by atoms with Gasteiger partial charge in [0.05, 0.1) is 16.8 Å². The fourth-order valence-electron chi connectivity index (χ4n) is 2.89. The minimum absolute atomic E-state index is 0.0662. The van der Waals surface area contributed by atoms with Crippen molar-refractivity contribution in [2.45, 2.75) is 18.4 Å². The summed E-state index contributed by atoms with van der Waals surface area (Å²) in [4.78, 5) is 16.3. The molecule has 0 bridgehead atoms. The molecule has 0 unspecified atom stereocenters. The van der Waals surface area contributed by atoms with E-state index < -0.39 is 10.0 Å². The highest BCUT2D eigenvalue weighted by atomic mass is 32.2. The number of pyridine rings is 1. The molecule has 0 aliphatic heterocycles. The molecule has 0 saturated heterocycles. The van der Waals surface area contributed by atoms with Crippen LogP contribution in [0.5, 0.6) is 0 Å². The standard InChI is InChI=1S/C22H19N5O4S/c1-15-26-27-22(31-15)18-4-2-6-20(12-18)32(29,30)24-13-16-7-9-17(10-8-16)21(28)25-19-5-3-11-23-14-19/h2-12,14,24H,13H2,1H3,(H,25,28). The van der Waals surface area contributed by atoms with E-state index in [4.69, 9.17) is 4.42 Å². The number of anilines is 1. The molecule has 0 spiro atoms. The summed E-state index contributed by atoms with van der Waals surface area (Å²) < 4.78 is 33.4. The number of carbonyl (C=O) groups is 1. The molecule has 0 aliphatic carbocycles. The molecule has 2 aromatic heterocycles. The van der Waals surface area contributed by atoms with E-state index in [-0.39, 0.29) is 23.2 Å². The van der Waals surface area contributed by atoms with E-state index in [0.717, 1.165) is 0 Å². The van der Waals surface area contributed by atoms with Gasteiger partial charge in [-0.1, -0.05) is 18.2 Å². The first kappa shape index (κ1) is 21.3. The van der Waals surface area contributed by atoms with Crippen molar-refractivity contribution >= 4 is 21.6 Å². The quantitative estimate of drug-likeness (QED) is 0.444. The molecule has 2 heterocycles. The highest BCUT2D eigenvalue weighted by molar-refractivity contribution is 7.89. The second-order valence-corrected chi connectivity index (χ2v) is 8.64. The Morgan fingerprint density at radius 1 is 1.03 bits per heavy atom. The van der Waals surface area contributed by atoms with Crippen molar-refractivity contribution in [1.29, 1.82) is 0 Å². The van der Waals surface area contributed by atoms with Crippen LogP contribution in [0, 0.1) is 6.92 Å². The molecule has 0 saturated carbocycles. The lowest BCUT2D eigenvalue weighted by Crippen LogP contribution is -2.23. The summed E-state index contributed by atoms with van der Waals surface area (Å²) >= 11 is 0. The molecule has 4 rings (SSSR count). The summed E-state index contributed by atoms with van der Waals surface area (Å²) in [6.45, 7) is 1.73. The predicted octanol–water partition coefficient (Wildman–Crippen LogP) is 3.17. The monoisotopic (exact) mass is 449 g/mol. The zero-order chi connectivity index (χ0) is 22.6. The molecule has 9 nitrogen and oxygen atoms in total. The zero-order valence-electron chi connectivity index (χ0n) is 17.0. The van der Waals surface area contributed by atoms with Crippen molar-refractivity contribution in [2.75, 3.05) is 5.32 Å². The first-order chi connectivity index (χ1) is 15.4. The number of nitrogens with zero attached hydrogens (tertiary/aromatic N) is 3. The summed E-state index contributed by atoms with van der Waals surface area (Å²) in [5, 5.41) is 10.4. The molecule has 0 radical (unpaired) electrons.